The smallest absolute Gasteiger partial charge is 0.164 e. The van der Waals surface area contributed by atoms with E-state index in [0.717, 1.165) is 41.6 Å². The molecule has 1 aliphatic carbocycles. The predicted molar refractivity (Wildman–Crippen MR) is 110 cm³/mol. The van der Waals surface area contributed by atoms with Crippen LogP contribution in [0.4, 0.5) is 0 Å². The lowest BCUT2D eigenvalue weighted by Gasteiger charge is -2.30. The zero-order valence-corrected chi connectivity index (χ0v) is 17.2. The average molecular weight is 433 g/mol. The summed E-state index contributed by atoms with van der Waals surface area (Å²) < 4.78 is 7.64. The van der Waals surface area contributed by atoms with E-state index >= 15 is 0 Å². The second-order valence-corrected chi connectivity index (χ2v) is 8.17. The van der Waals surface area contributed by atoms with Gasteiger partial charge in [0.15, 0.2) is 6.23 Å². The van der Waals surface area contributed by atoms with Crippen molar-refractivity contribution in [1.29, 1.82) is 5.26 Å². The third kappa shape index (κ3) is 3.30. The maximum atomic E-state index is 10.6. The minimum Gasteiger partial charge on any atom is -0.394 e. The zero-order valence-electron chi connectivity index (χ0n) is 15.6. The number of rotatable bonds is 3. The molecule has 4 rings (SSSR count). The first-order valence-corrected chi connectivity index (χ1v) is 10.4. The van der Waals surface area contributed by atoms with Crippen LogP contribution in [0, 0.1) is 16.0 Å². The number of aromatic nitrogens is 1. The van der Waals surface area contributed by atoms with E-state index in [0.29, 0.717) is 17.0 Å². The van der Waals surface area contributed by atoms with Gasteiger partial charge in [0.05, 0.1) is 12.2 Å². The predicted octanol–water partition coefficient (Wildman–Crippen LogP) is 2.90. The Morgan fingerprint density at radius 3 is 2.59 bits per heavy atom. The zero-order chi connectivity index (χ0) is 20.7. The first-order chi connectivity index (χ1) is 14.0. The van der Waals surface area contributed by atoms with Crippen molar-refractivity contribution in [2.75, 3.05) is 6.61 Å². The standard InChI is InChI=1S/C21H21ClN2O4S/c22-14-7-3-1-5-11(14)17-12-6-2-4-8-15(12)24(21(29)13(17)9-23)20-19(27)18(26)16(10-25)28-20/h1,3,5,7,16,18-20,25-27H,2,4,6,8,10H2/t16-,18-,19-,20?/m1/s1. The van der Waals surface area contributed by atoms with Gasteiger partial charge in [0, 0.05) is 21.8 Å². The molecule has 2 heterocycles. The molecule has 0 saturated carbocycles. The maximum absolute atomic E-state index is 10.6. The molecule has 8 heteroatoms. The van der Waals surface area contributed by atoms with Gasteiger partial charge >= 0.3 is 0 Å². The van der Waals surface area contributed by atoms with Gasteiger partial charge in [0.25, 0.3) is 0 Å². The highest BCUT2D eigenvalue weighted by molar-refractivity contribution is 7.71. The summed E-state index contributed by atoms with van der Waals surface area (Å²) in [6.07, 6.45) is -1.03. The van der Waals surface area contributed by atoms with Gasteiger partial charge in [-0.2, -0.15) is 5.26 Å². The molecule has 0 amide bonds. The summed E-state index contributed by atoms with van der Waals surface area (Å²) in [5.74, 6) is 0. The summed E-state index contributed by atoms with van der Waals surface area (Å²) >= 11 is 12.1. The Morgan fingerprint density at radius 2 is 1.93 bits per heavy atom. The number of hydrogen-bond donors (Lipinski definition) is 3. The van der Waals surface area contributed by atoms with Crippen LogP contribution in [-0.2, 0) is 17.6 Å². The van der Waals surface area contributed by atoms with Crippen LogP contribution in [0.15, 0.2) is 24.3 Å². The van der Waals surface area contributed by atoms with E-state index < -0.39 is 31.1 Å². The fourth-order valence-electron chi connectivity index (χ4n) is 4.35. The summed E-state index contributed by atoms with van der Waals surface area (Å²) in [7, 11) is 0. The lowest BCUT2D eigenvalue weighted by Crippen LogP contribution is -2.34. The van der Waals surface area contributed by atoms with Crippen molar-refractivity contribution >= 4 is 23.8 Å². The molecule has 0 spiro atoms. The number of halogens is 1. The molecule has 6 nitrogen and oxygen atoms in total. The van der Waals surface area contributed by atoms with Gasteiger partial charge in [-0.3, -0.25) is 0 Å². The fraction of sp³-hybridized carbons (Fsp3) is 0.429. The monoisotopic (exact) mass is 432 g/mol. The fourth-order valence-corrected chi connectivity index (χ4v) is 4.94. The molecular weight excluding hydrogens is 412 g/mol. The highest BCUT2D eigenvalue weighted by Gasteiger charge is 2.44. The van der Waals surface area contributed by atoms with Crippen molar-refractivity contribution in [3.63, 3.8) is 0 Å². The minimum atomic E-state index is -1.26. The van der Waals surface area contributed by atoms with Gasteiger partial charge in [-0.15, -0.1) is 0 Å². The van der Waals surface area contributed by atoms with E-state index in [2.05, 4.69) is 6.07 Å². The van der Waals surface area contributed by atoms with Gasteiger partial charge in [0.1, 0.15) is 29.0 Å². The number of benzene rings is 1. The van der Waals surface area contributed by atoms with Gasteiger partial charge in [-0.1, -0.05) is 42.0 Å². The number of nitrogens with zero attached hydrogens (tertiary/aromatic N) is 2. The molecule has 1 aromatic carbocycles. The maximum Gasteiger partial charge on any atom is 0.164 e. The van der Waals surface area contributed by atoms with Crippen LogP contribution >= 0.6 is 23.8 Å². The Bertz CT molecular complexity index is 1050. The number of aliphatic hydroxyl groups is 3. The quantitative estimate of drug-likeness (QED) is 0.645. The average Bonchev–Trinajstić information content (AvgIpc) is 3.02. The van der Waals surface area contributed by atoms with Crippen molar-refractivity contribution in [2.24, 2.45) is 0 Å². The van der Waals surface area contributed by atoms with Crippen LogP contribution in [-0.4, -0.2) is 44.8 Å². The molecule has 2 aromatic rings. The lowest BCUT2D eigenvalue weighted by atomic mass is 9.86. The van der Waals surface area contributed by atoms with Crippen molar-refractivity contribution < 1.29 is 20.1 Å². The third-order valence-electron chi connectivity index (χ3n) is 5.74. The highest BCUT2D eigenvalue weighted by Crippen LogP contribution is 2.41. The first-order valence-electron chi connectivity index (χ1n) is 9.57. The molecule has 1 aromatic heterocycles. The number of ether oxygens (including phenoxy) is 1. The SMILES string of the molecule is N#Cc1c(-c2ccccc2Cl)c2c(n(C3O[C@H](CO)[C@@H](O)[C@H]3O)c1=S)CCCC2. The topological polar surface area (TPSA) is 98.6 Å². The number of pyridine rings is 1. The van der Waals surface area contributed by atoms with Crippen LogP contribution in [0.3, 0.4) is 0 Å². The van der Waals surface area contributed by atoms with E-state index in [1.165, 1.54) is 0 Å². The van der Waals surface area contributed by atoms with Crippen molar-refractivity contribution in [2.45, 2.75) is 50.2 Å². The summed E-state index contributed by atoms with van der Waals surface area (Å²) in [6, 6.07) is 9.58. The van der Waals surface area contributed by atoms with Crippen LogP contribution in [0.1, 0.15) is 35.9 Å². The molecule has 152 valence electrons. The van der Waals surface area contributed by atoms with E-state index in [4.69, 9.17) is 28.6 Å². The van der Waals surface area contributed by atoms with Crippen molar-refractivity contribution in [1.82, 2.24) is 4.57 Å². The van der Waals surface area contributed by atoms with E-state index in [1.54, 1.807) is 10.6 Å². The van der Waals surface area contributed by atoms with E-state index in [1.807, 2.05) is 18.2 Å². The molecule has 4 atom stereocenters. The first kappa shape index (κ1) is 20.5. The lowest BCUT2D eigenvalue weighted by molar-refractivity contribution is -0.0550. The Balaban J connectivity index is 2.00. The van der Waals surface area contributed by atoms with E-state index in [9.17, 15) is 20.6 Å². The molecule has 1 aliphatic heterocycles. The van der Waals surface area contributed by atoms with Crippen LogP contribution in [0.25, 0.3) is 11.1 Å². The Morgan fingerprint density at radius 1 is 1.21 bits per heavy atom. The van der Waals surface area contributed by atoms with Crippen molar-refractivity contribution in [3.8, 4) is 17.2 Å². The molecule has 1 unspecified atom stereocenters. The molecule has 2 aliphatic rings. The molecule has 1 fully saturated rings. The molecular formula is C21H21ClN2O4S. The summed E-state index contributed by atoms with van der Waals surface area (Å²) in [6.45, 7) is -0.424. The van der Waals surface area contributed by atoms with E-state index in [-0.39, 0.29) is 4.64 Å². The van der Waals surface area contributed by atoms with Crippen LogP contribution in [0.5, 0.6) is 0 Å². The molecule has 0 radical (unpaired) electrons. The number of nitriles is 1. The number of aliphatic hydroxyl groups excluding tert-OH is 3. The molecule has 0 bridgehead atoms. The van der Waals surface area contributed by atoms with Gasteiger partial charge in [-0.25, -0.2) is 0 Å². The summed E-state index contributed by atoms with van der Waals surface area (Å²) in [5, 5.41) is 40.8. The Kier molecular flexibility index (Phi) is 5.76. The molecule has 29 heavy (non-hydrogen) atoms. The van der Waals surface area contributed by atoms with Crippen LogP contribution < -0.4 is 0 Å². The number of hydrogen-bond acceptors (Lipinski definition) is 6. The molecule has 1 saturated heterocycles. The summed E-state index contributed by atoms with van der Waals surface area (Å²) in [4.78, 5) is 0. The number of fused-ring (bicyclic) bond motifs is 1. The van der Waals surface area contributed by atoms with Gasteiger partial charge in [-0.05, 0) is 37.3 Å². The second kappa shape index (κ2) is 8.15. The largest absolute Gasteiger partial charge is 0.394 e. The summed E-state index contributed by atoms with van der Waals surface area (Å²) in [5.41, 5.74) is 3.63. The van der Waals surface area contributed by atoms with Crippen LogP contribution in [0.2, 0.25) is 5.02 Å². The third-order valence-corrected chi connectivity index (χ3v) is 6.47. The second-order valence-electron chi connectivity index (χ2n) is 7.38. The normalized spacial score (nSPS) is 26.2. The highest BCUT2D eigenvalue weighted by atomic mass is 35.5. The Hall–Kier alpha value is -1.79. The van der Waals surface area contributed by atoms with Crippen molar-refractivity contribution in [3.05, 3.63) is 50.7 Å². The van der Waals surface area contributed by atoms with Gasteiger partial charge < -0.3 is 24.6 Å². The molecule has 3 N–H and O–H groups in total. The minimum absolute atomic E-state index is 0.234. The Labute approximate surface area is 178 Å². The van der Waals surface area contributed by atoms with Gasteiger partial charge in [0.2, 0.25) is 0 Å².